The second kappa shape index (κ2) is 9.38. The van der Waals surface area contributed by atoms with Crippen molar-refractivity contribution in [1.29, 1.82) is 0 Å². The van der Waals surface area contributed by atoms with Gasteiger partial charge in [0, 0.05) is 13.8 Å². The minimum Gasteiger partial charge on any atom is -0.453 e. The first kappa shape index (κ1) is 20.0. The molecule has 1 heterocycles. The molecule has 0 N–H and O–H groups in total. The number of esters is 2. The topological polar surface area (TPSA) is 71.1 Å². The van der Waals surface area contributed by atoms with Crippen molar-refractivity contribution in [3.63, 3.8) is 0 Å². The van der Waals surface area contributed by atoms with E-state index in [1.165, 1.54) is 13.8 Å². The number of hydrogen-bond donors (Lipinski definition) is 0. The molecule has 6 nitrogen and oxygen atoms in total. The highest BCUT2D eigenvalue weighted by atomic mass is 35.5. The Balaban J connectivity index is 2.20. The van der Waals surface area contributed by atoms with Crippen molar-refractivity contribution in [2.45, 2.75) is 50.4 Å². The van der Waals surface area contributed by atoms with Crippen LogP contribution in [0.25, 0.3) is 0 Å². The molecule has 1 saturated heterocycles. The summed E-state index contributed by atoms with van der Waals surface area (Å²) in [6, 6.07) is 9.45. The van der Waals surface area contributed by atoms with Crippen LogP contribution in [0.5, 0.6) is 0 Å². The van der Waals surface area contributed by atoms with Gasteiger partial charge in [-0.1, -0.05) is 30.3 Å². The molecular weight excluding hydrogens is 371 g/mol. The molecule has 8 heteroatoms. The molecule has 0 radical (unpaired) electrons. The summed E-state index contributed by atoms with van der Waals surface area (Å²) in [7, 11) is 0. The number of ether oxygens (including phenoxy) is 4. The van der Waals surface area contributed by atoms with Crippen LogP contribution in [0.2, 0.25) is 0 Å². The lowest BCUT2D eigenvalue weighted by Gasteiger charge is -2.42. The van der Waals surface area contributed by atoms with E-state index in [0.717, 1.165) is 5.56 Å². The summed E-state index contributed by atoms with van der Waals surface area (Å²) in [6.45, 7) is 2.72. The largest absolute Gasteiger partial charge is 0.453 e. The Morgan fingerprint density at radius 1 is 1.08 bits per heavy atom. The van der Waals surface area contributed by atoms with E-state index in [-0.39, 0.29) is 12.5 Å². The SMILES string of the molecule is CC(=O)OC1O[C@H](CCl)[C@H](Cl)[C@H](OCc2ccccc2)[C@H]1OC(C)=O. The Kier molecular flexibility index (Phi) is 7.50. The second-order valence-electron chi connectivity index (χ2n) is 5.59. The van der Waals surface area contributed by atoms with E-state index in [2.05, 4.69) is 0 Å². The van der Waals surface area contributed by atoms with Gasteiger partial charge in [0.05, 0.1) is 24.0 Å². The average molecular weight is 391 g/mol. The maximum atomic E-state index is 11.5. The lowest BCUT2D eigenvalue weighted by atomic mass is 10.0. The third-order valence-electron chi connectivity index (χ3n) is 3.59. The van der Waals surface area contributed by atoms with Crippen molar-refractivity contribution >= 4 is 35.1 Å². The Labute approximate surface area is 156 Å². The molecule has 1 aliphatic rings. The van der Waals surface area contributed by atoms with Gasteiger partial charge in [-0.3, -0.25) is 9.59 Å². The van der Waals surface area contributed by atoms with E-state index in [1.807, 2.05) is 30.3 Å². The molecule has 0 bridgehead atoms. The average Bonchev–Trinajstić information content (AvgIpc) is 2.57. The molecule has 0 spiro atoms. The zero-order valence-corrected chi connectivity index (χ0v) is 15.4. The van der Waals surface area contributed by atoms with Crippen LogP contribution < -0.4 is 0 Å². The quantitative estimate of drug-likeness (QED) is 0.549. The fourth-order valence-corrected chi connectivity index (χ4v) is 3.24. The standard InChI is InChI=1S/C17H20Cl2O6/c1-10(20)23-16-15(22-9-12-6-4-3-5-7-12)14(19)13(8-18)25-17(16)24-11(2)21/h3-7,13-17H,8-9H2,1-2H3/t13-,14+,15+,16-,17?/m1/s1. The second-order valence-corrected chi connectivity index (χ2v) is 6.40. The summed E-state index contributed by atoms with van der Waals surface area (Å²) in [5.41, 5.74) is 0.922. The van der Waals surface area contributed by atoms with Gasteiger partial charge < -0.3 is 18.9 Å². The zero-order valence-electron chi connectivity index (χ0n) is 13.9. The van der Waals surface area contributed by atoms with E-state index in [0.29, 0.717) is 0 Å². The monoisotopic (exact) mass is 390 g/mol. The van der Waals surface area contributed by atoms with Gasteiger partial charge in [0.2, 0.25) is 6.29 Å². The molecule has 0 saturated carbocycles. The van der Waals surface area contributed by atoms with Crippen LogP contribution in [0.3, 0.4) is 0 Å². The Hall–Kier alpha value is -1.34. The number of carbonyl (C=O) groups is 2. The third-order valence-corrected chi connectivity index (χ3v) is 4.43. The molecule has 1 aromatic rings. The fraction of sp³-hybridized carbons (Fsp3) is 0.529. The van der Waals surface area contributed by atoms with Crippen LogP contribution in [-0.4, -0.2) is 47.8 Å². The summed E-state index contributed by atoms with van der Waals surface area (Å²) < 4.78 is 21.9. The molecule has 1 unspecified atom stereocenters. The highest BCUT2D eigenvalue weighted by molar-refractivity contribution is 6.23. The third kappa shape index (κ3) is 5.57. The van der Waals surface area contributed by atoms with Gasteiger partial charge in [-0.2, -0.15) is 0 Å². The first-order valence-electron chi connectivity index (χ1n) is 7.77. The fourth-order valence-electron chi connectivity index (χ4n) is 2.52. The number of alkyl halides is 2. The van der Waals surface area contributed by atoms with E-state index >= 15 is 0 Å². The van der Waals surface area contributed by atoms with Gasteiger partial charge in [0.25, 0.3) is 0 Å². The maximum Gasteiger partial charge on any atom is 0.305 e. The summed E-state index contributed by atoms with van der Waals surface area (Å²) in [5, 5.41) is -0.683. The van der Waals surface area contributed by atoms with Crippen LogP contribution in [0.1, 0.15) is 19.4 Å². The molecule has 1 fully saturated rings. The highest BCUT2D eigenvalue weighted by Crippen LogP contribution is 2.31. The molecule has 0 amide bonds. The van der Waals surface area contributed by atoms with Crippen molar-refractivity contribution in [3.05, 3.63) is 35.9 Å². The lowest BCUT2D eigenvalue weighted by molar-refractivity contribution is -0.266. The highest BCUT2D eigenvalue weighted by Gasteiger charge is 2.49. The van der Waals surface area contributed by atoms with E-state index < -0.39 is 41.9 Å². The van der Waals surface area contributed by atoms with Crippen LogP contribution in [0.15, 0.2) is 30.3 Å². The normalized spacial score (nSPS) is 29.0. The predicted molar refractivity (Wildman–Crippen MR) is 91.4 cm³/mol. The van der Waals surface area contributed by atoms with Crippen molar-refractivity contribution in [3.8, 4) is 0 Å². The molecule has 5 atom stereocenters. The van der Waals surface area contributed by atoms with Gasteiger partial charge in [-0.05, 0) is 5.56 Å². The Morgan fingerprint density at radius 3 is 2.28 bits per heavy atom. The predicted octanol–water partition coefficient (Wildman–Crippen LogP) is 2.64. The number of carbonyl (C=O) groups excluding carboxylic acids is 2. The van der Waals surface area contributed by atoms with Gasteiger partial charge in [-0.25, -0.2) is 0 Å². The van der Waals surface area contributed by atoms with Gasteiger partial charge in [0.15, 0.2) is 6.10 Å². The first-order valence-corrected chi connectivity index (χ1v) is 8.75. The summed E-state index contributed by atoms with van der Waals surface area (Å²) in [5.74, 6) is -1.07. The zero-order chi connectivity index (χ0) is 18.4. The number of halogens is 2. The van der Waals surface area contributed by atoms with Crippen LogP contribution in [-0.2, 0) is 35.1 Å². The molecule has 138 valence electrons. The summed E-state index contributed by atoms with van der Waals surface area (Å²) in [6.07, 6.45) is -3.51. The Morgan fingerprint density at radius 2 is 1.72 bits per heavy atom. The molecule has 0 aromatic heterocycles. The first-order chi connectivity index (χ1) is 11.9. The van der Waals surface area contributed by atoms with Crippen molar-refractivity contribution < 1.29 is 28.5 Å². The molecule has 1 aliphatic heterocycles. The van der Waals surface area contributed by atoms with Gasteiger partial charge >= 0.3 is 11.9 Å². The van der Waals surface area contributed by atoms with Gasteiger partial charge in [0.1, 0.15) is 6.10 Å². The van der Waals surface area contributed by atoms with E-state index in [1.54, 1.807) is 0 Å². The van der Waals surface area contributed by atoms with Crippen molar-refractivity contribution in [1.82, 2.24) is 0 Å². The number of hydrogen-bond acceptors (Lipinski definition) is 6. The van der Waals surface area contributed by atoms with Crippen molar-refractivity contribution in [2.24, 2.45) is 0 Å². The molecular formula is C17H20Cl2O6. The maximum absolute atomic E-state index is 11.5. The minimum atomic E-state index is -1.14. The summed E-state index contributed by atoms with van der Waals surface area (Å²) in [4.78, 5) is 22.8. The summed E-state index contributed by atoms with van der Waals surface area (Å²) >= 11 is 12.3. The minimum absolute atomic E-state index is 0.0733. The smallest absolute Gasteiger partial charge is 0.305 e. The van der Waals surface area contributed by atoms with E-state index in [9.17, 15) is 9.59 Å². The molecule has 2 rings (SSSR count). The molecule has 0 aliphatic carbocycles. The van der Waals surface area contributed by atoms with E-state index in [4.69, 9.17) is 42.1 Å². The number of rotatable bonds is 6. The van der Waals surface area contributed by atoms with Crippen LogP contribution in [0.4, 0.5) is 0 Å². The van der Waals surface area contributed by atoms with Gasteiger partial charge in [-0.15, -0.1) is 23.2 Å². The Bertz CT molecular complexity index is 582. The van der Waals surface area contributed by atoms with Crippen molar-refractivity contribution in [2.75, 3.05) is 5.88 Å². The van der Waals surface area contributed by atoms with Crippen LogP contribution in [0, 0.1) is 0 Å². The lowest BCUT2D eigenvalue weighted by Crippen LogP contribution is -2.59. The molecule has 1 aromatic carbocycles. The van der Waals surface area contributed by atoms with Crippen LogP contribution >= 0.6 is 23.2 Å². The molecule has 25 heavy (non-hydrogen) atoms. The number of benzene rings is 1.